The number of rotatable bonds is 11. The Hall–Kier alpha value is -1.89. The van der Waals surface area contributed by atoms with Crippen molar-refractivity contribution in [2.45, 2.75) is 51.6 Å². The SMILES string of the molecule is C=C(NOCCCCCC(=O)OC1C(=O)CCC1=O)OCC. The molecule has 1 saturated carbocycles. The minimum Gasteiger partial charge on any atom is -0.478 e. The number of carbonyl (C=O) groups is 3. The van der Waals surface area contributed by atoms with Crippen molar-refractivity contribution < 1.29 is 28.7 Å². The smallest absolute Gasteiger partial charge is 0.306 e. The minimum absolute atomic E-state index is 0.175. The second-order valence-electron chi connectivity index (χ2n) is 4.92. The van der Waals surface area contributed by atoms with Gasteiger partial charge in [-0.3, -0.25) is 19.2 Å². The Morgan fingerprint density at radius 2 is 1.91 bits per heavy atom. The highest BCUT2D eigenvalue weighted by molar-refractivity contribution is 6.12. The number of esters is 1. The summed E-state index contributed by atoms with van der Waals surface area (Å²) in [5, 5.41) is 0. The largest absolute Gasteiger partial charge is 0.478 e. The second kappa shape index (κ2) is 9.94. The number of unbranched alkanes of at least 4 members (excludes halogenated alkanes) is 2. The first-order valence-corrected chi connectivity index (χ1v) is 7.49. The van der Waals surface area contributed by atoms with Gasteiger partial charge in [-0.15, -0.1) is 0 Å². The third-order valence-electron chi connectivity index (χ3n) is 3.08. The van der Waals surface area contributed by atoms with Crippen LogP contribution in [-0.2, 0) is 28.7 Å². The number of hydroxylamine groups is 1. The summed E-state index contributed by atoms with van der Waals surface area (Å²) in [7, 11) is 0. The van der Waals surface area contributed by atoms with Crippen molar-refractivity contribution in [3.05, 3.63) is 12.5 Å². The van der Waals surface area contributed by atoms with Gasteiger partial charge in [-0.25, -0.2) is 5.48 Å². The Morgan fingerprint density at radius 3 is 2.55 bits per heavy atom. The molecule has 0 aromatic rings. The van der Waals surface area contributed by atoms with Crippen LogP contribution in [0, 0.1) is 0 Å². The van der Waals surface area contributed by atoms with Crippen LogP contribution in [0.4, 0.5) is 0 Å². The maximum Gasteiger partial charge on any atom is 0.306 e. The van der Waals surface area contributed by atoms with E-state index >= 15 is 0 Å². The molecular formula is C15H23NO6. The zero-order valence-electron chi connectivity index (χ0n) is 12.9. The summed E-state index contributed by atoms with van der Waals surface area (Å²) in [5.41, 5.74) is 2.56. The fraction of sp³-hybridized carbons (Fsp3) is 0.667. The molecule has 0 aromatic heterocycles. The van der Waals surface area contributed by atoms with Gasteiger partial charge in [-0.05, 0) is 26.3 Å². The molecule has 1 fully saturated rings. The Balaban J connectivity index is 2.00. The summed E-state index contributed by atoms with van der Waals surface area (Å²) >= 11 is 0. The normalized spacial score (nSPS) is 15.0. The monoisotopic (exact) mass is 313 g/mol. The van der Waals surface area contributed by atoms with Crippen LogP contribution in [-0.4, -0.2) is 36.9 Å². The first kappa shape index (κ1) is 18.2. The van der Waals surface area contributed by atoms with E-state index in [9.17, 15) is 14.4 Å². The lowest BCUT2D eigenvalue weighted by molar-refractivity contribution is -0.157. The lowest BCUT2D eigenvalue weighted by Crippen LogP contribution is -2.28. The molecule has 0 amide bonds. The van der Waals surface area contributed by atoms with Gasteiger partial charge in [0.05, 0.1) is 13.2 Å². The highest BCUT2D eigenvalue weighted by atomic mass is 16.7. The molecule has 0 radical (unpaired) electrons. The number of Topliss-reactive ketones (excluding diaryl/α,β-unsaturated/α-hetero) is 2. The predicted octanol–water partition coefficient (Wildman–Crippen LogP) is 1.42. The summed E-state index contributed by atoms with van der Waals surface area (Å²) in [6, 6.07) is 0. The molecule has 0 aromatic carbocycles. The van der Waals surface area contributed by atoms with E-state index in [0.717, 1.165) is 12.8 Å². The van der Waals surface area contributed by atoms with Crippen LogP contribution in [0.3, 0.4) is 0 Å². The van der Waals surface area contributed by atoms with E-state index in [1.165, 1.54) is 0 Å². The Bertz CT molecular complexity index is 404. The van der Waals surface area contributed by atoms with E-state index in [2.05, 4.69) is 12.1 Å². The fourth-order valence-corrected chi connectivity index (χ4v) is 1.97. The fourth-order valence-electron chi connectivity index (χ4n) is 1.97. The summed E-state index contributed by atoms with van der Waals surface area (Å²) in [4.78, 5) is 39.3. The highest BCUT2D eigenvalue weighted by Crippen LogP contribution is 2.15. The van der Waals surface area contributed by atoms with Crippen molar-refractivity contribution in [2.75, 3.05) is 13.2 Å². The van der Waals surface area contributed by atoms with Crippen LogP contribution >= 0.6 is 0 Å². The first-order chi connectivity index (χ1) is 10.5. The molecule has 0 bridgehead atoms. The van der Waals surface area contributed by atoms with Crippen LogP contribution in [0.5, 0.6) is 0 Å². The maximum absolute atomic E-state index is 11.5. The molecule has 1 aliphatic rings. The zero-order chi connectivity index (χ0) is 16.4. The van der Waals surface area contributed by atoms with Gasteiger partial charge in [-0.2, -0.15) is 0 Å². The highest BCUT2D eigenvalue weighted by Gasteiger charge is 2.35. The molecule has 0 atom stereocenters. The molecule has 0 aliphatic heterocycles. The van der Waals surface area contributed by atoms with E-state index < -0.39 is 12.1 Å². The number of ether oxygens (including phenoxy) is 2. The molecule has 7 nitrogen and oxygen atoms in total. The van der Waals surface area contributed by atoms with E-state index in [1.807, 2.05) is 6.92 Å². The summed E-state index contributed by atoms with van der Waals surface area (Å²) < 4.78 is 9.95. The second-order valence-corrected chi connectivity index (χ2v) is 4.92. The average molecular weight is 313 g/mol. The molecule has 7 heteroatoms. The summed E-state index contributed by atoms with van der Waals surface area (Å²) in [6.07, 6.45) is 1.51. The Morgan fingerprint density at radius 1 is 1.23 bits per heavy atom. The van der Waals surface area contributed by atoms with Crippen molar-refractivity contribution in [1.82, 2.24) is 5.48 Å². The van der Waals surface area contributed by atoms with E-state index in [-0.39, 0.29) is 30.8 Å². The lowest BCUT2D eigenvalue weighted by Gasteiger charge is -2.10. The number of hydrogen-bond acceptors (Lipinski definition) is 7. The van der Waals surface area contributed by atoms with Crippen LogP contribution in [0.25, 0.3) is 0 Å². The third kappa shape index (κ3) is 6.71. The Kier molecular flexibility index (Phi) is 8.21. The number of carbonyl (C=O) groups excluding carboxylic acids is 3. The minimum atomic E-state index is -1.16. The standard InChI is InChI=1S/C15H23NO6/c1-3-20-11(2)16-21-10-6-4-5-7-14(19)22-15-12(17)8-9-13(15)18/h15-16H,2-10H2,1H3. The van der Waals surface area contributed by atoms with Crippen LogP contribution < -0.4 is 5.48 Å². The molecule has 1 rings (SSSR count). The Labute approximate surface area is 129 Å². The topological polar surface area (TPSA) is 90.9 Å². The van der Waals surface area contributed by atoms with Crippen molar-refractivity contribution in [1.29, 1.82) is 0 Å². The van der Waals surface area contributed by atoms with Gasteiger partial charge in [0.2, 0.25) is 12.0 Å². The van der Waals surface area contributed by atoms with Crippen molar-refractivity contribution in [3.8, 4) is 0 Å². The molecule has 0 saturated heterocycles. The van der Waals surface area contributed by atoms with Gasteiger partial charge in [-0.1, -0.05) is 6.42 Å². The summed E-state index contributed by atoms with van der Waals surface area (Å²) in [5.74, 6) is -0.742. The lowest BCUT2D eigenvalue weighted by atomic mass is 10.2. The van der Waals surface area contributed by atoms with Gasteiger partial charge < -0.3 is 9.47 Å². The van der Waals surface area contributed by atoms with Crippen LogP contribution in [0.2, 0.25) is 0 Å². The molecule has 1 N–H and O–H groups in total. The van der Waals surface area contributed by atoms with Crippen molar-refractivity contribution >= 4 is 17.5 Å². The van der Waals surface area contributed by atoms with Gasteiger partial charge >= 0.3 is 5.97 Å². The van der Waals surface area contributed by atoms with Crippen molar-refractivity contribution in [2.24, 2.45) is 0 Å². The van der Waals surface area contributed by atoms with Gasteiger partial charge in [0.1, 0.15) is 0 Å². The molecular weight excluding hydrogens is 290 g/mol. The zero-order valence-corrected chi connectivity index (χ0v) is 12.9. The van der Waals surface area contributed by atoms with Crippen LogP contribution in [0.1, 0.15) is 45.4 Å². The third-order valence-corrected chi connectivity index (χ3v) is 3.08. The molecule has 0 unspecified atom stereocenters. The molecule has 1 aliphatic carbocycles. The van der Waals surface area contributed by atoms with Crippen LogP contribution in [0.15, 0.2) is 12.5 Å². The molecule has 0 spiro atoms. The van der Waals surface area contributed by atoms with Gasteiger partial charge in [0.25, 0.3) is 0 Å². The average Bonchev–Trinajstić information content (AvgIpc) is 2.78. The number of nitrogens with one attached hydrogen (secondary N) is 1. The molecule has 0 heterocycles. The van der Waals surface area contributed by atoms with E-state index in [1.54, 1.807) is 0 Å². The summed E-state index contributed by atoms with van der Waals surface area (Å²) in [6.45, 7) is 6.41. The van der Waals surface area contributed by atoms with Gasteiger partial charge in [0, 0.05) is 19.3 Å². The van der Waals surface area contributed by atoms with Gasteiger partial charge in [0.15, 0.2) is 11.6 Å². The molecule has 124 valence electrons. The van der Waals surface area contributed by atoms with E-state index in [0.29, 0.717) is 25.5 Å². The number of hydrogen-bond donors (Lipinski definition) is 1. The quantitative estimate of drug-likeness (QED) is 0.203. The predicted molar refractivity (Wildman–Crippen MR) is 77.4 cm³/mol. The van der Waals surface area contributed by atoms with E-state index in [4.69, 9.17) is 14.3 Å². The maximum atomic E-state index is 11.5. The molecule has 22 heavy (non-hydrogen) atoms. The van der Waals surface area contributed by atoms with Crippen molar-refractivity contribution in [3.63, 3.8) is 0 Å². The first-order valence-electron chi connectivity index (χ1n) is 7.49. The number of ketones is 2.